The maximum atomic E-state index is 12.3. The van der Waals surface area contributed by atoms with E-state index >= 15 is 0 Å². The fourth-order valence-corrected chi connectivity index (χ4v) is 2.99. The molecular weight excluding hydrogens is 254 g/mol. The zero-order valence-corrected chi connectivity index (χ0v) is 12.0. The van der Waals surface area contributed by atoms with Crippen molar-refractivity contribution in [2.45, 2.75) is 44.8 Å². The van der Waals surface area contributed by atoms with Gasteiger partial charge >= 0.3 is 6.09 Å². The Morgan fingerprint density at radius 1 is 1.40 bits per heavy atom. The highest BCUT2D eigenvalue weighted by Gasteiger charge is 2.43. The van der Waals surface area contributed by atoms with Crippen molar-refractivity contribution in [3.63, 3.8) is 0 Å². The summed E-state index contributed by atoms with van der Waals surface area (Å²) in [5.74, 6) is 0. The molecule has 0 radical (unpaired) electrons. The van der Waals surface area contributed by atoms with Crippen LogP contribution in [0.1, 0.15) is 38.2 Å². The zero-order valence-electron chi connectivity index (χ0n) is 12.0. The first-order valence-corrected chi connectivity index (χ1v) is 7.31. The molecule has 4 heteroatoms. The van der Waals surface area contributed by atoms with Gasteiger partial charge in [-0.1, -0.05) is 43.7 Å². The number of rotatable bonds is 5. The second-order valence-corrected chi connectivity index (χ2v) is 5.43. The average molecular weight is 277 g/mol. The van der Waals surface area contributed by atoms with Gasteiger partial charge in [0.15, 0.2) is 0 Å². The lowest BCUT2D eigenvalue weighted by atomic mass is 9.92. The number of hydrogen-bond donors (Lipinski definition) is 1. The zero-order chi connectivity index (χ0) is 14.4. The number of benzene rings is 1. The van der Waals surface area contributed by atoms with E-state index < -0.39 is 5.54 Å². The third-order valence-corrected chi connectivity index (χ3v) is 4.03. The molecule has 0 aliphatic carbocycles. The van der Waals surface area contributed by atoms with Crippen molar-refractivity contribution < 1.29 is 14.6 Å². The van der Waals surface area contributed by atoms with Crippen LogP contribution in [-0.2, 0) is 11.3 Å². The van der Waals surface area contributed by atoms with E-state index in [2.05, 4.69) is 6.92 Å². The van der Waals surface area contributed by atoms with Crippen LogP contribution in [0.3, 0.4) is 0 Å². The van der Waals surface area contributed by atoms with Crippen molar-refractivity contribution >= 4 is 6.09 Å². The Balaban J connectivity index is 1.97. The average Bonchev–Trinajstić information content (AvgIpc) is 2.90. The van der Waals surface area contributed by atoms with Crippen molar-refractivity contribution in [1.82, 2.24) is 4.90 Å². The molecular formula is C16H23NO3. The number of aliphatic hydroxyl groups is 1. The molecule has 1 amide bonds. The van der Waals surface area contributed by atoms with E-state index in [0.29, 0.717) is 6.54 Å². The largest absolute Gasteiger partial charge is 0.445 e. The van der Waals surface area contributed by atoms with Crippen LogP contribution in [0.5, 0.6) is 0 Å². The van der Waals surface area contributed by atoms with Crippen LogP contribution in [-0.4, -0.2) is 34.8 Å². The first-order chi connectivity index (χ1) is 9.72. The molecule has 1 atom stereocenters. The van der Waals surface area contributed by atoms with Crippen molar-refractivity contribution in [3.05, 3.63) is 35.9 Å². The lowest BCUT2D eigenvalue weighted by Crippen LogP contribution is -2.50. The minimum Gasteiger partial charge on any atom is -0.445 e. The topological polar surface area (TPSA) is 49.8 Å². The minimum atomic E-state index is -0.414. The highest BCUT2D eigenvalue weighted by molar-refractivity contribution is 5.69. The molecule has 110 valence electrons. The van der Waals surface area contributed by atoms with Crippen molar-refractivity contribution in [3.8, 4) is 0 Å². The molecule has 1 heterocycles. The maximum absolute atomic E-state index is 12.3. The monoisotopic (exact) mass is 277 g/mol. The number of amides is 1. The van der Waals surface area contributed by atoms with Crippen LogP contribution >= 0.6 is 0 Å². The minimum absolute atomic E-state index is 0.0152. The second kappa shape index (κ2) is 6.75. The Kier molecular flexibility index (Phi) is 5.01. The predicted octanol–water partition coefficient (Wildman–Crippen LogP) is 2.95. The molecule has 0 spiro atoms. The number of aliphatic hydroxyl groups excluding tert-OH is 1. The fraction of sp³-hybridized carbons (Fsp3) is 0.562. The molecule has 1 aromatic rings. The van der Waals surface area contributed by atoms with Gasteiger partial charge in [0.1, 0.15) is 6.61 Å². The summed E-state index contributed by atoms with van der Waals surface area (Å²) < 4.78 is 5.39. The molecule has 1 aliphatic rings. The molecule has 1 aliphatic heterocycles. The molecule has 1 N–H and O–H groups in total. The number of carbonyl (C=O) groups excluding carboxylic acids is 1. The van der Waals surface area contributed by atoms with Crippen LogP contribution in [0.25, 0.3) is 0 Å². The maximum Gasteiger partial charge on any atom is 0.410 e. The van der Waals surface area contributed by atoms with Crippen LogP contribution in [0, 0.1) is 0 Å². The van der Waals surface area contributed by atoms with E-state index in [4.69, 9.17) is 4.74 Å². The number of likely N-dealkylation sites (tertiary alicyclic amines) is 1. The number of ether oxygens (including phenoxy) is 1. The summed E-state index contributed by atoms with van der Waals surface area (Å²) in [5, 5.41) is 9.70. The first-order valence-electron chi connectivity index (χ1n) is 7.31. The molecule has 4 nitrogen and oxygen atoms in total. The molecule has 1 saturated heterocycles. The summed E-state index contributed by atoms with van der Waals surface area (Å²) in [4.78, 5) is 14.0. The van der Waals surface area contributed by atoms with Crippen LogP contribution in [0.2, 0.25) is 0 Å². The summed E-state index contributed by atoms with van der Waals surface area (Å²) in [7, 11) is 0. The summed E-state index contributed by atoms with van der Waals surface area (Å²) in [6, 6.07) is 9.65. The summed E-state index contributed by atoms with van der Waals surface area (Å²) in [6.45, 7) is 3.04. The SMILES string of the molecule is CCCC1(CO)CCCN1C(=O)OCc1ccccc1. The highest BCUT2D eigenvalue weighted by Crippen LogP contribution is 2.33. The third-order valence-electron chi connectivity index (χ3n) is 4.03. The fourth-order valence-electron chi connectivity index (χ4n) is 2.99. The van der Waals surface area contributed by atoms with Crippen molar-refractivity contribution in [2.24, 2.45) is 0 Å². The quantitative estimate of drug-likeness (QED) is 0.900. The smallest absolute Gasteiger partial charge is 0.410 e. The number of carbonyl (C=O) groups is 1. The van der Waals surface area contributed by atoms with Gasteiger partial charge in [-0.25, -0.2) is 4.79 Å². The molecule has 1 unspecified atom stereocenters. The van der Waals surface area contributed by atoms with E-state index in [-0.39, 0.29) is 19.3 Å². The van der Waals surface area contributed by atoms with Crippen LogP contribution in [0.4, 0.5) is 4.79 Å². The van der Waals surface area contributed by atoms with Gasteiger partial charge in [0.2, 0.25) is 0 Å². The molecule has 0 saturated carbocycles. The van der Waals surface area contributed by atoms with Gasteiger partial charge in [-0.3, -0.25) is 0 Å². The Morgan fingerprint density at radius 2 is 2.15 bits per heavy atom. The Hall–Kier alpha value is -1.55. The van der Waals surface area contributed by atoms with Gasteiger partial charge in [0.25, 0.3) is 0 Å². The van der Waals surface area contributed by atoms with Crippen LogP contribution in [0.15, 0.2) is 30.3 Å². The predicted molar refractivity (Wildman–Crippen MR) is 77.3 cm³/mol. The third kappa shape index (κ3) is 3.12. The Bertz CT molecular complexity index is 435. The molecule has 0 aromatic heterocycles. The highest BCUT2D eigenvalue weighted by atomic mass is 16.6. The molecule has 1 aromatic carbocycles. The molecule has 20 heavy (non-hydrogen) atoms. The van der Waals surface area contributed by atoms with Gasteiger partial charge < -0.3 is 14.7 Å². The van der Waals surface area contributed by atoms with Crippen molar-refractivity contribution in [1.29, 1.82) is 0 Å². The van der Waals surface area contributed by atoms with E-state index in [1.807, 2.05) is 30.3 Å². The van der Waals surface area contributed by atoms with Gasteiger partial charge in [-0.2, -0.15) is 0 Å². The van der Waals surface area contributed by atoms with Gasteiger partial charge in [0.05, 0.1) is 12.1 Å². The lowest BCUT2D eigenvalue weighted by molar-refractivity contribution is 0.0326. The summed E-state index contributed by atoms with van der Waals surface area (Å²) >= 11 is 0. The second-order valence-electron chi connectivity index (χ2n) is 5.43. The molecule has 2 rings (SSSR count). The van der Waals surface area contributed by atoms with E-state index in [1.165, 1.54) is 0 Å². The lowest BCUT2D eigenvalue weighted by Gasteiger charge is -2.36. The number of hydrogen-bond acceptors (Lipinski definition) is 3. The normalized spacial score (nSPS) is 22.0. The van der Waals surface area contributed by atoms with Crippen LogP contribution < -0.4 is 0 Å². The summed E-state index contributed by atoms with van der Waals surface area (Å²) in [5.41, 5.74) is 0.563. The number of nitrogens with zero attached hydrogens (tertiary/aromatic N) is 1. The van der Waals surface area contributed by atoms with Crippen molar-refractivity contribution in [2.75, 3.05) is 13.2 Å². The van der Waals surface area contributed by atoms with E-state index in [9.17, 15) is 9.90 Å². The van der Waals surface area contributed by atoms with Gasteiger partial charge in [-0.05, 0) is 24.8 Å². The van der Waals surface area contributed by atoms with Gasteiger partial charge in [-0.15, -0.1) is 0 Å². The Labute approximate surface area is 120 Å². The molecule has 0 bridgehead atoms. The van der Waals surface area contributed by atoms with E-state index in [0.717, 1.165) is 31.2 Å². The standard InChI is InChI=1S/C16H23NO3/c1-2-9-16(13-18)10-6-11-17(16)15(19)20-12-14-7-4-3-5-8-14/h3-5,7-8,18H,2,6,9-13H2,1H3. The van der Waals surface area contributed by atoms with E-state index in [1.54, 1.807) is 4.90 Å². The Morgan fingerprint density at radius 3 is 2.80 bits per heavy atom. The molecule has 1 fully saturated rings. The van der Waals surface area contributed by atoms with Gasteiger partial charge in [0, 0.05) is 6.54 Å². The summed E-state index contributed by atoms with van der Waals surface area (Å²) in [6.07, 6.45) is 3.25. The first kappa shape index (κ1) is 14.9.